The summed E-state index contributed by atoms with van der Waals surface area (Å²) in [5, 5.41) is 0. The average molecular weight is 512 g/mol. The number of anilines is 1. The normalized spacial score (nSPS) is 19.8. The summed E-state index contributed by atoms with van der Waals surface area (Å²) in [7, 11) is 0. The lowest BCUT2D eigenvalue weighted by molar-refractivity contribution is -0.274. The van der Waals surface area contributed by atoms with Crippen LogP contribution in [0.25, 0.3) is 0 Å². The molecule has 1 unspecified atom stereocenters. The predicted molar refractivity (Wildman–Crippen MR) is 133 cm³/mol. The van der Waals surface area contributed by atoms with Crippen molar-refractivity contribution in [2.45, 2.75) is 57.5 Å². The van der Waals surface area contributed by atoms with Crippen LogP contribution in [0.4, 0.5) is 18.9 Å². The molecular weight excluding hydrogens is 483 g/mol. The molecule has 0 saturated heterocycles. The Morgan fingerprint density at radius 2 is 1.68 bits per heavy atom. The Labute approximate surface area is 213 Å². The number of nitrogens with zero attached hydrogens (tertiary/aromatic N) is 1. The number of rotatable bonds is 6. The number of hydrogen-bond acceptors (Lipinski definition) is 4. The summed E-state index contributed by atoms with van der Waals surface area (Å²) in [5.74, 6) is 0.903. The molecule has 194 valence electrons. The second-order valence-corrected chi connectivity index (χ2v) is 10.1. The number of halogens is 3. The molecule has 1 atom stereocenters. The fourth-order valence-corrected chi connectivity index (χ4v) is 5.41. The van der Waals surface area contributed by atoms with Crippen LogP contribution >= 0.6 is 0 Å². The van der Waals surface area contributed by atoms with Gasteiger partial charge in [0.2, 0.25) is 5.91 Å². The van der Waals surface area contributed by atoms with Crippen LogP contribution in [-0.4, -0.2) is 24.5 Å². The number of amides is 1. The zero-order valence-corrected chi connectivity index (χ0v) is 20.9. The third-order valence-corrected chi connectivity index (χ3v) is 6.73. The molecule has 37 heavy (non-hydrogen) atoms. The number of alkyl halides is 3. The molecule has 0 saturated carbocycles. The summed E-state index contributed by atoms with van der Waals surface area (Å²) in [5.41, 5.74) is 1.53. The van der Waals surface area contributed by atoms with Crippen LogP contribution in [0.2, 0.25) is 0 Å². The van der Waals surface area contributed by atoms with Gasteiger partial charge in [-0.05, 0) is 55.7 Å². The highest BCUT2D eigenvalue weighted by molar-refractivity contribution is 6.11. The van der Waals surface area contributed by atoms with Crippen LogP contribution in [-0.2, 0) is 16.8 Å². The molecule has 5 nitrogen and oxygen atoms in total. The molecule has 2 aliphatic heterocycles. The van der Waals surface area contributed by atoms with Crippen molar-refractivity contribution in [3.63, 3.8) is 0 Å². The molecule has 3 aromatic carbocycles. The Morgan fingerprint density at radius 3 is 2.38 bits per heavy atom. The molecule has 2 heterocycles. The van der Waals surface area contributed by atoms with Gasteiger partial charge in [0.05, 0.1) is 13.2 Å². The van der Waals surface area contributed by atoms with Crippen molar-refractivity contribution in [1.82, 2.24) is 0 Å². The summed E-state index contributed by atoms with van der Waals surface area (Å²) >= 11 is 0. The maximum absolute atomic E-state index is 14.4. The van der Waals surface area contributed by atoms with E-state index in [0.717, 1.165) is 23.2 Å². The molecular formula is C29H28F3NO4. The van der Waals surface area contributed by atoms with Gasteiger partial charge in [-0.1, -0.05) is 43.3 Å². The number of fused-ring (bicyclic) bond motifs is 4. The first kappa shape index (κ1) is 25.0. The van der Waals surface area contributed by atoms with Crippen LogP contribution in [0.5, 0.6) is 17.2 Å². The van der Waals surface area contributed by atoms with E-state index >= 15 is 0 Å². The van der Waals surface area contributed by atoms with Crippen molar-refractivity contribution in [2.75, 3.05) is 11.5 Å². The molecule has 0 aromatic heterocycles. The quantitative estimate of drug-likeness (QED) is 0.367. The first-order chi connectivity index (χ1) is 17.5. The monoisotopic (exact) mass is 511 g/mol. The van der Waals surface area contributed by atoms with Crippen molar-refractivity contribution in [3.05, 3.63) is 83.4 Å². The number of ether oxygens (including phenoxy) is 3. The number of para-hydroxylation sites is 1. The Morgan fingerprint density at radius 1 is 0.973 bits per heavy atom. The molecule has 8 heteroatoms. The van der Waals surface area contributed by atoms with Gasteiger partial charge in [-0.3, -0.25) is 4.79 Å². The predicted octanol–water partition coefficient (Wildman–Crippen LogP) is 6.77. The molecule has 0 fully saturated rings. The fourth-order valence-electron chi connectivity index (χ4n) is 5.41. The van der Waals surface area contributed by atoms with Gasteiger partial charge in [-0.15, -0.1) is 13.2 Å². The Kier molecular flexibility index (Phi) is 6.09. The first-order valence-electron chi connectivity index (χ1n) is 12.2. The van der Waals surface area contributed by atoms with E-state index in [1.54, 1.807) is 17.0 Å². The summed E-state index contributed by atoms with van der Waals surface area (Å²) in [6, 6.07) is 18.9. The maximum atomic E-state index is 14.4. The van der Waals surface area contributed by atoms with Crippen LogP contribution in [0.15, 0.2) is 66.7 Å². The molecule has 3 aromatic rings. The largest absolute Gasteiger partial charge is 0.573 e. The SMILES string of the molecule is CCCOc1ccc2c(c1)OC(C)(C)CC21C(=O)N(Cc2ccc(OC(F)(F)F)cc2)c2ccccc21. The highest BCUT2D eigenvalue weighted by Crippen LogP contribution is 2.56. The molecule has 0 bridgehead atoms. The van der Waals surface area contributed by atoms with Crippen LogP contribution < -0.4 is 19.1 Å². The van der Waals surface area contributed by atoms with Gasteiger partial charge in [0.15, 0.2) is 0 Å². The highest BCUT2D eigenvalue weighted by Gasteiger charge is 2.58. The molecule has 2 aliphatic rings. The third-order valence-electron chi connectivity index (χ3n) is 6.73. The Bertz CT molecular complexity index is 1320. The summed E-state index contributed by atoms with van der Waals surface area (Å²) in [6.45, 7) is 6.75. The van der Waals surface area contributed by atoms with Gasteiger partial charge in [-0.25, -0.2) is 0 Å². The van der Waals surface area contributed by atoms with Crippen LogP contribution in [0.1, 0.15) is 50.3 Å². The van der Waals surface area contributed by atoms with E-state index < -0.39 is 17.4 Å². The second kappa shape index (κ2) is 9.01. The lowest BCUT2D eigenvalue weighted by Gasteiger charge is -2.43. The molecule has 0 N–H and O–H groups in total. The van der Waals surface area contributed by atoms with Gasteiger partial charge >= 0.3 is 6.36 Å². The smallest absolute Gasteiger partial charge is 0.493 e. The van der Waals surface area contributed by atoms with E-state index in [-0.39, 0.29) is 18.2 Å². The molecule has 5 rings (SSSR count). The van der Waals surface area contributed by atoms with Crippen LogP contribution in [0, 0.1) is 0 Å². The van der Waals surface area contributed by atoms with E-state index in [4.69, 9.17) is 9.47 Å². The summed E-state index contributed by atoms with van der Waals surface area (Å²) < 4.78 is 53.8. The van der Waals surface area contributed by atoms with Crippen molar-refractivity contribution in [3.8, 4) is 17.2 Å². The number of hydrogen-bond donors (Lipinski definition) is 0. The minimum atomic E-state index is -4.76. The Balaban J connectivity index is 1.55. The second-order valence-electron chi connectivity index (χ2n) is 10.1. The van der Waals surface area contributed by atoms with Gasteiger partial charge < -0.3 is 19.1 Å². The average Bonchev–Trinajstić information content (AvgIpc) is 3.05. The lowest BCUT2D eigenvalue weighted by Crippen LogP contribution is -2.50. The summed E-state index contributed by atoms with van der Waals surface area (Å²) in [6.07, 6.45) is -3.45. The van der Waals surface area contributed by atoms with Crippen molar-refractivity contribution >= 4 is 11.6 Å². The minimum absolute atomic E-state index is 0.0934. The molecule has 0 radical (unpaired) electrons. The molecule has 0 aliphatic carbocycles. The molecule has 1 spiro atoms. The summed E-state index contributed by atoms with van der Waals surface area (Å²) in [4.78, 5) is 16.1. The van der Waals surface area contributed by atoms with Crippen molar-refractivity contribution in [1.29, 1.82) is 0 Å². The van der Waals surface area contributed by atoms with Gasteiger partial charge in [0.1, 0.15) is 28.3 Å². The standard InChI is InChI=1S/C29H28F3NO4/c1-4-15-35-21-13-14-23-25(16-21)37-27(2,3)18-28(23)22-7-5-6-8-24(22)33(26(28)34)17-19-9-11-20(12-10-19)36-29(30,31)32/h5-14,16H,4,15,17-18H2,1-3H3. The van der Waals surface area contributed by atoms with E-state index in [0.29, 0.717) is 30.1 Å². The number of carbonyl (C=O) groups excluding carboxylic acids is 1. The van der Waals surface area contributed by atoms with Crippen molar-refractivity contribution in [2.24, 2.45) is 0 Å². The third kappa shape index (κ3) is 4.61. The number of carbonyl (C=O) groups is 1. The highest BCUT2D eigenvalue weighted by atomic mass is 19.4. The zero-order chi connectivity index (χ0) is 26.4. The van der Waals surface area contributed by atoms with Gasteiger partial charge in [-0.2, -0.15) is 0 Å². The topological polar surface area (TPSA) is 48.0 Å². The van der Waals surface area contributed by atoms with E-state index in [1.807, 2.05) is 63.2 Å². The van der Waals surface area contributed by atoms with E-state index in [9.17, 15) is 18.0 Å². The van der Waals surface area contributed by atoms with E-state index in [2.05, 4.69) is 4.74 Å². The van der Waals surface area contributed by atoms with Crippen molar-refractivity contribution < 1.29 is 32.2 Å². The maximum Gasteiger partial charge on any atom is 0.573 e. The van der Waals surface area contributed by atoms with Gasteiger partial charge in [0.25, 0.3) is 0 Å². The first-order valence-corrected chi connectivity index (χ1v) is 12.2. The minimum Gasteiger partial charge on any atom is -0.493 e. The number of benzene rings is 3. The zero-order valence-electron chi connectivity index (χ0n) is 20.9. The van der Waals surface area contributed by atoms with Crippen LogP contribution in [0.3, 0.4) is 0 Å². The Hall–Kier alpha value is -3.68. The molecule has 1 amide bonds. The fraction of sp³-hybridized carbons (Fsp3) is 0.345. The van der Waals surface area contributed by atoms with E-state index in [1.165, 1.54) is 12.1 Å². The van der Waals surface area contributed by atoms with Gasteiger partial charge in [0, 0.05) is 23.7 Å². The lowest BCUT2D eigenvalue weighted by atomic mass is 9.67.